The molecule has 2 amide bonds. The van der Waals surface area contributed by atoms with Gasteiger partial charge in [-0.05, 0) is 121 Å². The van der Waals surface area contributed by atoms with Crippen LogP contribution in [0.15, 0.2) is 101 Å². The molecule has 0 radical (unpaired) electrons. The Morgan fingerprint density at radius 2 is 1.62 bits per heavy atom. The van der Waals surface area contributed by atoms with Gasteiger partial charge >= 0.3 is 6.09 Å². The number of nitrogens with zero attached hydrogens (tertiary/aromatic N) is 3. The van der Waals surface area contributed by atoms with Gasteiger partial charge < -0.3 is 29.9 Å². The highest BCUT2D eigenvalue weighted by molar-refractivity contribution is 7.99. The second-order valence-electron chi connectivity index (χ2n) is 15.7. The number of nitro groups is 1. The first-order valence-electron chi connectivity index (χ1n) is 19.8. The van der Waals surface area contributed by atoms with E-state index >= 15 is 0 Å². The minimum absolute atomic E-state index is 0.0318. The topological polar surface area (TPSA) is 172 Å². The number of carbonyl (C=O) groups is 2. The van der Waals surface area contributed by atoms with E-state index in [9.17, 15) is 28.1 Å². The number of amides is 2. The monoisotopic (exact) mass is 862 g/mol. The molecule has 0 aliphatic heterocycles. The van der Waals surface area contributed by atoms with Crippen molar-refractivity contribution in [3.8, 4) is 16.9 Å². The minimum Gasteiger partial charge on any atom is -0.496 e. The van der Waals surface area contributed by atoms with E-state index in [2.05, 4.69) is 58.4 Å². The van der Waals surface area contributed by atoms with Crippen molar-refractivity contribution in [3.63, 3.8) is 0 Å². The lowest BCUT2D eigenvalue weighted by Crippen LogP contribution is -2.33. The van der Waals surface area contributed by atoms with Crippen LogP contribution in [0.2, 0.25) is 0 Å². The smallest absolute Gasteiger partial charge is 0.407 e. The van der Waals surface area contributed by atoms with Crippen molar-refractivity contribution in [2.45, 2.75) is 67.9 Å². The van der Waals surface area contributed by atoms with Crippen molar-refractivity contribution in [1.82, 2.24) is 19.8 Å². The normalized spacial score (nSPS) is 12.2. The Hall–Kier alpha value is -5.16. The number of hydrogen-bond acceptors (Lipinski definition) is 12. The molecule has 0 aliphatic carbocycles. The summed E-state index contributed by atoms with van der Waals surface area (Å²) in [6.45, 7) is 8.65. The predicted molar refractivity (Wildman–Crippen MR) is 239 cm³/mol. The highest BCUT2D eigenvalue weighted by Crippen LogP contribution is 2.33. The number of carbonyl (C=O) groups excluding carboxylic acids is 2. The first-order chi connectivity index (χ1) is 28.4. The Kier molecular flexibility index (Phi) is 17.8. The second-order valence-corrected chi connectivity index (χ2v) is 18.5. The lowest BCUT2D eigenvalue weighted by atomic mass is 10.00. The maximum atomic E-state index is 13.5. The van der Waals surface area contributed by atoms with E-state index in [4.69, 9.17) is 9.47 Å². The SMILES string of the molecule is COc1cc(C(=O)NS(=O)(=O)c2ccc(N[C@H](CCCCNC(=O)OC(C)(C)C)CSc3ccccc3)c([N+](=O)[O-])c2)ccc1-c1ccc(CCN(C)CCN(C)C)cc1. The number of anilines is 1. The van der Waals surface area contributed by atoms with Crippen LogP contribution in [0.5, 0.6) is 5.75 Å². The zero-order valence-corrected chi connectivity index (χ0v) is 37.2. The molecule has 0 heterocycles. The van der Waals surface area contributed by atoms with Gasteiger partial charge in [0, 0.05) is 60.1 Å². The zero-order chi connectivity index (χ0) is 43.9. The number of ether oxygens (including phenoxy) is 2. The van der Waals surface area contributed by atoms with Crippen LogP contribution in [0.25, 0.3) is 11.1 Å². The number of nitrogens with one attached hydrogen (secondary N) is 3. The highest BCUT2D eigenvalue weighted by Gasteiger charge is 2.26. The van der Waals surface area contributed by atoms with Crippen molar-refractivity contribution in [2.75, 3.05) is 65.5 Å². The summed E-state index contributed by atoms with van der Waals surface area (Å²) in [6.07, 6.45) is 2.32. The molecule has 0 unspecified atom stereocenters. The molecule has 1 atom stereocenters. The van der Waals surface area contributed by atoms with E-state index < -0.39 is 43.1 Å². The van der Waals surface area contributed by atoms with Crippen molar-refractivity contribution in [1.29, 1.82) is 0 Å². The van der Waals surface area contributed by atoms with Gasteiger partial charge in [-0.3, -0.25) is 14.9 Å². The molecule has 0 saturated carbocycles. The molecule has 14 nitrogen and oxygen atoms in total. The van der Waals surface area contributed by atoms with Gasteiger partial charge in [0.25, 0.3) is 21.6 Å². The molecule has 0 aromatic heterocycles. The van der Waals surface area contributed by atoms with Gasteiger partial charge in [0.05, 0.1) is 16.9 Å². The number of methoxy groups -OCH3 is 1. The van der Waals surface area contributed by atoms with Gasteiger partial charge in [-0.25, -0.2) is 17.9 Å². The zero-order valence-electron chi connectivity index (χ0n) is 35.5. The number of thioether (sulfide) groups is 1. The van der Waals surface area contributed by atoms with Crippen molar-refractivity contribution in [2.24, 2.45) is 0 Å². The Morgan fingerprint density at radius 3 is 2.27 bits per heavy atom. The summed E-state index contributed by atoms with van der Waals surface area (Å²) in [5, 5.41) is 18.3. The highest BCUT2D eigenvalue weighted by atomic mass is 32.2. The molecule has 4 rings (SSSR count). The van der Waals surface area contributed by atoms with E-state index in [0.29, 0.717) is 37.3 Å². The third-order valence-electron chi connectivity index (χ3n) is 9.34. The van der Waals surface area contributed by atoms with Crippen LogP contribution in [0.3, 0.4) is 0 Å². The molecule has 0 saturated heterocycles. The molecule has 4 aromatic rings. The van der Waals surface area contributed by atoms with Gasteiger partial charge in [0.1, 0.15) is 17.0 Å². The fourth-order valence-corrected chi connectivity index (χ4v) is 8.05. The van der Waals surface area contributed by atoms with Crippen molar-refractivity contribution in [3.05, 3.63) is 112 Å². The fraction of sp³-hybridized carbons (Fsp3) is 0.409. The molecule has 0 spiro atoms. The Labute approximate surface area is 358 Å². The standard InChI is InChI=1S/C44H58N6O8S2/c1-44(2,3)58-43(52)45-25-12-11-13-35(31-59-36-14-9-8-10-15-36)46-39-23-21-37(30-40(39)50(53)54)60(55,56)47-42(51)34-20-22-38(41(29-34)57-7)33-18-16-32(17-19-33)24-26-49(6)28-27-48(4)5/h8-10,14-23,29-30,35,46H,11-13,24-28,31H2,1-7H3,(H,45,52)(H,47,51)/t35-/m1/s1. The average Bonchev–Trinajstić information content (AvgIpc) is 3.20. The number of unbranched alkanes of at least 4 members (excludes halogenated alkanes) is 1. The second kappa shape index (κ2) is 22.4. The first-order valence-corrected chi connectivity index (χ1v) is 22.3. The number of benzene rings is 4. The van der Waals surface area contributed by atoms with E-state index in [1.54, 1.807) is 38.6 Å². The molecule has 3 N–H and O–H groups in total. The quantitative estimate of drug-likeness (QED) is 0.0305. The van der Waals surface area contributed by atoms with Crippen LogP contribution in [-0.2, 0) is 21.2 Å². The van der Waals surface area contributed by atoms with E-state index in [-0.39, 0.29) is 17.3 Å². The Morgan fingerprint density at radius 1 is 0.900 bits per heavy atom. The van der Waals surface area contributed by atoms with Gasteiger partial charge in [-0.1, -0.05) is 42.5 Å². The van der Waals surface area contributed by atoms with Crippen molar-refractivity contribution >= 4 is 45.2 Å². The Bertz CT molecular complexity index is 2150. The fourth-order valence-electron chi connectivity index (χ4n) is 6.07. The molecule has 0 aliphatic rings. The largest absolute Gasteiger partial charge is 0.496 e. The van der Waals surface area contributed by atoms with Crippen molar-refractivity contribution < 1.29 is 32.4 Å². The molecular formula is C44H58N6O8S2. The van der Waals surface area contributed by atoms with Crippen LogP contribution in [-0.4, -0.2) is 107 Å². The summed E-state index contributed by atoms with van der Waals surface area (Å²) in [5.41, 5.74) is 1.88. The molecule has 0 fully saturated rings. The summed E-state index contributed by atoms with van der Waals surface area (Å²) in [7, 11) is 3.16. The minimum atomic E-state index is -4.53. The predicted octanol–water partition coefficient (Wildman–Crippen LogP) is 7.69. The summed E-state index contributed by atoms with van der Waals surface area (Å²) >= 11 is 1.58. The summed E-state index contributed by atoms with van der Waals surface area (Å²) in [4.78, 5) is 42.1. The first kappa shape index (κ1) is 47.5. The third kappa shape index (κ3) is 15.5. The molecule has 4 aromatic carbocycles. The number of rotatable bonds is 22. The maximum absolute atomic E-state index is 13.5. The average molecular weight is 863 g/mol. The summed E-state index contributed by atoms with van der Waals surface area (Å²) < 4.78 is 39.9. The molecule has 0 bridgehead atoms. The summed E-state index contributed by atoms with van der Waals surface area (Å²) in [6, 6.07) is 25.7. The molecule has 324 valence electrons. The lowest BCUT2D eigenvalue weighted by molar-refractivity contribution is -0.384. The number of sulfonamides is 1. The van der Waals surface area contributed by atoms with Crippen LogP contribution in [0, 0.1) is 10.1 Å². The van der Waals surface area contributed by atoms with Gasteiger partial charge in [0.2, 0.25) is 0 Å². The molecular weight excluding hydrogens is 805 g/mol. The Balaban J connectivity index is 1.44. The van der Waals surface area contributed by atoms with Crippen LogP contribution < -0.4 is 20.1 Å². The van der Waals surface area contributed by atoms with Gasteiger partial charge in [-0.15, -0.1) is 11.8 Å². The lowest BCUT2D eigenvalue weighted by Gasteiger charge is -2.21. The van der Waals surface area contributed by atoms with E-state index in [1.165, 1.54) is 36.9 Å². The summed E-state index contributed by atoms with van der Waals surface area (Å²) in [5.74, 6) is 0.0128. The number of alkyl carbamates (subject to hydrolysis) is 1. The number of hydrogen-bond donors (Lipinski definition) is 3. The van der Waals surface area contributed by atoms with Crippen LogP contribution in [0.1, 0.15) is 56.0 Å². The number of likely N-dealkylation sites (N-methyl/N-ethyl adjacent to an activating group) is 2. The van der Waals surface area contributed by atoms with Crippen LogP contribution in [0.4, 0.5) is 16.2 Å². The molecule has 16 heteroatoms. The maximum Gasteiger partial charge on any atom is 0.407 e. The van der Waals surface area contributed by atoms with Gasteiger partial charge in [0.15, 0.2) is 0 Å². The van der Waals surface area contributed by atoms with E-state index in [0.717, 1.165) is 48.1 Å². The van der Waals surface area contributed by atoms with Gasteiger partial charge in [-0.2, -0.15) is 0 Å². The van der Waals surface area contributed by atoms with E-state index in [1.807, 2.05) is 42.5 Å². The third-order valence-corrected chi connectivity index (χ3v) is 11.8. The number of nitro benzene ring substituents is 1. The molecule has 60 heavy (non-hydrogen) atoms. The van der Waals surface area contributed by atoms with Crippen LogP contribution >= 0.6 is 11.8 Å².